The van der Waals surface area contributed by atoms with E-state index < -0.39 is 58.9 Å². The number of anilines is 2. The van der Waals surface area contributed by atoms with E-state index in [0.717, 1.165) is 39.7 Å². The average molecular weight is 804 g/mol. The minimum atomic E-state index is -5.93. The van der Waals surface area contributed by atoms with Crippen molar-refractivity contribution in [3.8, 4) is 22.5 Å². The molecular formula is C41H30F5N3O5S2. The normalized spacial score (nSPS) is 12.5. The highest BCUT2D eigenvalue weighted by atomic mass is 32.3. The van der Waals surface area contributed by atoms with Gasteiger partial charge < -0.3 is 9.73 Å². The maximum absolute atomic E-state index is 14.6. The van der Waals surface area contributed by atoms with Gasteiger partial charge in [0.1, 0.15) is 11.3 Å². The Labute approximate surface area is 318 Å². The van der Waals surface area contributed by atoms with Crippen molar-refractivity contribution in [2.45, 2.75) is 37.5 Å². The number of hydrogen-bond donors (Lipinski definition) is 2. The van der Waals surface area contributed by atoms with Crippen LogP contribution in [0.25, 0.3) is 33.4 Å². The molecule has 56 heavy (non-hydrogen) atoms. The highest BCUT2D eigenvalue weighted by molar-refractivity contribution is 8.04. The summed E-state index contributed by atoms with van der Waals surface area (Å²) in [6.45, 7) is 7.74. The molecule has 5 aromatic rings. The van der Waals surface area contributed by atoms with Gasteiger partial charge in [-0.3, -0.25) is 0 Å². The molecule has 7 rings (SSSR count). The van der Waals surface area contributed by atoms with Gasteiger partial charge in [0.15, 0.2) is 28.2 Å². The number of para-hydroxylation sites is 2. The first-order valence-electron chi connectivity index (χ1n) is 16.8. The summed E-state index contributed by atoms with van der Waals surface area (Å²) in [5.74, 6) is -12.9. The van der Waals surface area contributed by atoms with Crippen LogP contribution in [0, 0.1) is 56.8 Å². The van der Waals surface area contributed by atoms with Gasteiger partial charge in [0.25, 0.3) is 20.0 Å². The maximum atomic E-state index is 14.6. The predicted octanol–water partition coefficient (Wildman–Crippen LogP) is 9.78. The molecule has 2 N–H and O–H groups in total. The van der Waals surface area contributed by atoms with Crippen LogP contribution in [0.2, 0.25) is 0 Å². The third kappa shape index (κ3) is 6.82. The van der Waals surface area contributed by atoms with Gasteiger partial charge in [-0.2, -0.15) is 0 Å². The Morgan fingerprint density at radius 2 is 1.18 bits per heavy atom. The fourth-order valence-corrected chi connectivity index (χ4v) is 9.76. The van der Waals surface area contributed by atoms with Crippen molar-refractivity contribution in [2.75, 3.05) is 5.32 Å². The van der Waals surface area contributed by atoms with E-state index in [1.54, 1.807) is 36.4 Å². The van der Waals surface area contributed by atoms with Crippen molar-refractivity contribution in [1.29, 1.82) is 0 Å². The third-order valence-electron chi connectivity index (χ3n) is 9.24. The zero-order valence-electron chi connectivity index (χ0n) is 29.9. The molecule has 1 heterocycles. The first-order valence-corrected chi connectivity index (χ1v) is 19.8. The summed E-state index contributed by atoms with van der Waals surface area (Å²) in [5, 5.41) is 4.29. The quantitative estimate of drug-likeness (QED) is 0.0684. The van der Waals surface area contributed by atoms with Crippen LogP contribution in [0.5, 0.6) is 0 Å². The summed E-state index contributed by atoms with van der Waals surface area (Å²) in [5.41, 5.74) is 6.87. The molecule has 0 amide bonds. The van der Waals surface area contributed by atoms with Crippen LogP contribution in [-0.4, -0.2) is 16.8 Å². The van der Waals surface area contributed by atoms with E-state index in [1.807, 2.05) is 64.1 Å². The predicted molar refractivity (Wildman–Crippen MR) is 202 cm³/mol. The zero-order chi connectivity index (χ0) is 40.3. The molecule has 0 unspecified atom stereocenters. The van der Waals surface area contributed by atoms with Gasteiger partial charge in [0.05, 0.1) is 15.9 Å². The van der Waals surface area contributed by atoms with Crippen LogP contribution in [0.3, 0.4) is 0 Å². The first-order chi connectivity index (χ1) is 26.5. The van der Waals surface area contributed by atoms with Crippen molar-refractivity contribution in [3.63, 3.8) is 0 Å². The number of nitrogens with one attached hydrogen (secondary N) is 2. The minimum Gasteiger partial charge on any atom is -0.456 e. The summed E-state index contributed by atoms with van der Waals surface area (Å²) in [4.78, 5) is 1.80. The molecular weight excluding hydrogens is 774 g/mol. The van der Waals surface area contributed by atoms with E-state index in [0.29, 0.717) is 22.0 Å². The second-order valence-corrected chi connectivity index (χ2v) is 16.6. The molecule has 1 aliphatic carbocycles. The number of benzene rings is 6. The molecule has 8 nitrogen and oxygen atoms in total. The molecule has 1 aliphatic heterocycles. The molecule has 0 bridgehead atoms. The largest absolute Gasteiger partial charge is 0.456 e. The van der Waals surface area contributed by atoms with Crippen molar-refractivity contribution in [1.82, 2.24) is 4.13 Å². The fraction of sp³-hybridized carbons (Fsp3) is 0.0976. The second kappa shape index (κ2) is 14.3. The van der Waals surface area contributed by atoms with Crippen molar-refractivity contribution < 1.29 is 43.2 Å². The first kappa shape index (κ1) is 38.4. The van der Waals surface area contributed by atoms with E-state index in [-0.39, 0.29) is 22.5 Å². The summed E-state index contributed by atoms with van der Waals surface area (Å²) in [6, 6.07) is 26.9. The number of aryl methyl sites for hydroxylation is 4. The van der Waals surface area contributed by atoms with E-state index in [9.17, 15) is 38.8 Å². The number of halogens is 5. The lowest BCUT2D eigenvalue weighted by atomic mass is 9.93. The Morgan fingerprint density at radius 3 is 1.82 bits per heavy atom. The molecule has 0 saturated heterocycles. The summed E-state index contributed by atoms with van der Waals surface area (Å²) < 4.78 is 133. The number of hydrogen-bond acceptors (Lipinski definition) is 7. The van der Waals surface area contributed by atoms with Gasteiger partial charge >= 0.3 is 0 Å². The van der Waals surface area contributed by atoms with Gasteiger partial charge in [0, 0.05) is 45.6 Å². The standard InChI is InChI=1S/C41H30F5N3O5S2/c1-21-9-7-10-22(2)39(21)47-25-15-17-27-30(19-25)54-31-20-26(48-40-23(3)11-8-12-24(40)4)16-18-28(31)33(27)29-13-5-6-14-32(29)55(50,51)49-56(52,53)41-37(45)35(43)34(42)36(44)38(41)46/h5-20,47,49H,1-4H3. The highest BCUT2D eigenvalue weighted by Crippen LogP contribution is 2.43. The van der Waals surface area contributed by atoms with Gasteiger partial charge in [-0.05, 0) is 80.3 Å². The van der Waals surface area contributed by atoms with Crippen molar-refractivity contribution in [3.05, 3.63) is 154 Å². The third-order valence-corrected chi connectivity index (χ3v) is 12.8. The molecule has 0 radical (unpaired) electrons. The summed E-state index contributed by atoms with van der Waals surface area (Å²) in [6.07, 6.45) is 0. The molecule has 0 atom stereocenters. The Bertz CT molecular complexity index is 2950. The van der Waals surface area contributed by atoms with Crippen LogP contribution < -0.4 is 14.8 Å². The maximum Gasteiger partial charge on any atom is 0.259 e. The van der Waals surface area contributed by atoms with Gasteiger partial charge in [-0.25, -0.2) is 43.8 Å². The molecule has 2 aliphatic rings. The Balaban J connectivity index is 1.45. The lowest BCUT2D eigenvalue weighted by Crippen LogP contribution is -2.33. The number of rotatable bonds is 8. The SMILES string of the molecule is Cc1cccc(C)c1N=c1ccc2c(-c3ccccc3S(=O)(=O)NS(=O)(=O)c3c(F)c(F)c(F)c(F)c3F)c3ccc(Nc4c(C)cccc4C)cc3oc-2c1. The van der Waals surface area contributed by atoms with Gasteiger partial charge in [-0.1, -0.05) is 54.6 Å². The minimum absolute atomic E-state index is 0.0756. The van der Waals surface area contributed by atoms with Gasteiger partial charge in [-0.15, -0.1) is 4.13 Å². The molecule has 0 fully saturated rings. The molecule has 0 saturated carbocycles. The Hall–Kier alpha value is -5.90. The Kier molecular flexibility index (Phi) is 9.81. The lowest BCUT2D eigenvalue weighted by Gasteiger charge is -2.19. The summed E-state index contributed by atoms with van der Waals surface area (Å²) >= 11 is 0. The molecule has 5 aromatic carbocycles. The van der Waals surface area contributed by atoms with E-state index in [4.69, 9.17) is 9.41 Å². The van der Waals surface area contributed by atoms with Crippen molar-refractivity contribution >= 4 is 48.1 Å². The van der Waals surface area contributed by atoms with Crippen LogP contribution in [0.15, 0.2) is 116 Å². The topological polar surface area (TPSA) is 118 Å². The van der Waals surface area contributed by atoms with Crippen LogP contribution in [0.1, 0.15) is 22.3 Å². The van der Waals surface area contributed by atoms with E-state index >= 15 is 0 Å². The van der Waals surface area contributed by atoms with E-state index in [2.05, 4.69) is 5.32 Å². The number of fused-ring (bicyclic) bond motifs is 2. The Morgan fingerprint density at radius 1 is 0.589 bits per heavy atom. The molecule has 0 aromatic heterocycles. The van der Waals surface area contributed by atoms with Crippen molar-refractivity contribution in [2.24, 2.45) is 4.99 Å². The average Bonchev–Trinajstić information content (AvgIpc) is 3.14. The van der Waals surface area contributed by atoms with E-state index in [1.165, 1.54) is 22.3 Å². The number of nitrogens with zero attached hydrogens (tertiary/aromatic N) is 1. The monoisotopic (exact) mass is 803 g/mol. The zero-order valence-corrected chi connectivity index (χ0v) is 31.6. The molecule has 15 heteroatoms. The highest BCUT2D eigenvalue weighted by Gasteiger charge is 2.37. The second-order valence-electron chi connectivity index (χ2n) is 13.1. The molecule has 0 spiro atoms. The smallest absolute Gasteiger partial charge is 0.259 e. The molecule has 286 valence electrons. The lowest BCUT2D eigenvalue weighted by molar-refractivity contribution is 0.357. The number of sulfonamides is 2. The fourth-order valence-electron chi connectivity index (χ4n) is 6.54. The van der Waals surface area contributed by atoms with Crippen LogP contribution in [-0.2, 0) is 20.0 Å². The van der Waals surface area contributed by atoms with Gasteiger partial charge in [0.2, 0.25) is 5.82 Å². The summed E-state index contributed by atoms with van der Waals surface area (Å²) in [7, 11) is -11.3. The van der Waals surface area contributed by atoms with Crippen LogP contribution >= 0.6 is 0 Å². The van der Waals surface area contributed by atoms with Crippen LogP contribution in [0.4, 0.5) is 39.0 Å².